The number of allylic oxidation sites excluding steroid dienone is 2. The summed E-state index contributed by atoms with van der Waals surface area (Å²) in [7, 11) is 4.15. The van der Waals surface area contributed by atoms with Gasteiger partial charge in [0.05, 0.1) is 13.2 Å². The van der Waals surface area contributed by atoms with Crippen LogP contribution in [0, 0.1) is 0 Å². The van der Waals surface area contributed by atoms with Gasteiger partial charge in [-0.1, -0.05) is 18.2 Å². The van der Waals surface area contributed by atoms with Crippen LogP contribution < -0.4 is 4.90 Å². The van der Waals surface area contributed by atoms with Crippen molar-refractivity contribution in [1.82, 2.24) is 4.90 Å². The molecule has 1 aliphatic carbocycles. The number of anilines is 1. The number of hydrogen-bond donors (Lipinski definition) is 0. The van der Waals surface area contributed by atoms with E-state index in [9.17, 15) is 0 Å². The van der Waals surface area contributed by atoms with E-state index >= 15 is 0 Å². The molecule has 2 aliphatic rings. The molecule has 21 heavy (non-hydrogen) atoms. The molecule has 0 bridgehead atoms. The van der Waals surface area contributed by atoms with Gasteiger partial charge >= 0.3 is 0 Å². The fourth-order valence-corrected chi connectivity index (χ4v) is 2.98. The van der Waals surface area contributed by atoms with E-state index in [1.165, 1.54) is 22.5 Å². The second-order valence-corrected chi connectivity index (χ2v) is 5.88. The van der Waals surface area contributed by atoms with Crippen LogP contribution in [-0.2, 0) is 4.74 Å². The molecule has 1 aromatic rings. The molecule has 0 saturated carbocycles. The monoisotopic (exact) mass is 284 g/mol. The van der Waals surface area contributed by atoms with Crippen LogP contribution in [0.15, 0.2) is 41.6 Å². The lowest BCUT2D eigenvalue weighted by molar-refractivity contribution is 0.0550. The maximum atomic E-state index is 5.46. The van der Waals surface area contributed by atoms with Crippen molar-refractivity contribution < 1.29 is 4.74 Å². The normalized spacial score (nSPS) is 20.8. The molecule has 0 unspecified atom stereocenters. The average Bonchev–Trinajstić information content (AvgIpc) is 2.97. The van der Waals surface area contributed by atoms with Crippen LogP contribution in [0.2, 0.25) is 0 Å². The summed E-state index contributed by atoms with van der Waals surface area (Å²) in [6.45, 7) is 3.73. The Balaban J connectivity index is 1.76. The molecule has 0 N–H and O–H groups in total. The van der Waals surface area contributed by atoms with Gasteiger partial charge in [-0.15, -0.1) is 0 Å². The van der Waals surface area contributed by atoms with E-state index in [4.69, 9.17) is 4.74 Å². The zero-order valence-corrected chi connectivity index (χ0v) is 13.0. The maximum Gasteiger partial charge on any atom is 0.0642 e. The summed E-state index contributed by atoms with van der Waals surface area (Å²) in [5, 5.41) is 0. The minimum atomic E-state index is 0.849. The van der Waals surface area contributed by atoms with Crippen molar-refractivity contribution in [2.24, 2.45) is 0 Å². The maximum absolute atomic E-state index is 5.46. The standard InChI is InChI=1S/C18H24N2O/c1-19(2)17-8-6-15(7-9-17)14-16-4-3-5-18(16)20-10-12-21-13-11-20/h5-9,14H,3-4,10-13H2,1-2H3/b16-14+. The average molecular weight is 284 g/mol. The zero-order chi connectivity index (χ0) is 14.7. The summed E-state index contributed by atoms with van der Waals surface area (Å²) < 4.78 is 5.46. The third-order valence-electron chi connectivity index (χ3n) is 4.18. The first kappa shape index (κ1) is 14.2. The number of rotatable bonds is 3. The Hall–Kier alpha value is -1.74. The van der Waals surface area contributed by atoms with Crippen LogP contribution in [0.25, 0.3) is 6.08 Å². The van der Waals surface area contributed by atoms with Gasteiger partial charge in [0.15, 0.2) is 0 Å². The molecule has 0 aromatic heterocycles. The highest BCUT2D eigenvalue weighted by molar-refractivity contribution is 5.62. The molecule has 0 spiro atoms. The van der Waals surface area contributed by atoms with Crippen molar-refractivity contribution in [1.29, 1.82) is 0 Å². The van der Waals surface area contributed by atoms with Crippen LogP contribution in [0.4, 0.5) is 5.69 Å². The third-order valence-corrected chi connectivity index (χ3v) is 4.18. The van der Waals surface area contributed by atoms with E-state index in [0.717, 1.165) is 39.1 Å². The quantitative estimate of drug-likeness (QED) is 0.848. The molecule has 0 atom stereocenters. The highest BCUT2D eigenvalue weighted by atomic mass is 16.5. The summed E-state index contributed by atoms with van der Waals surface area (Å²) in [5.74, 6) is 0. The van der Waals surface area contributed by atoms with Gasteiger partial charge in [0.1, 0.15) is 0 Å². The molecule has 1 aliphatic heterocycles. The van der Waals surface area contributed by atoms with Crippen LogP contribution in [0.1, 0.15) is 18.4 Å². The zero-order valence-electron chi connectivity index (χ0n) is 13.0. The lowest BCUT2D eigenvalue weighted by atomic mass is 10.1. The summed E-state index contributed by atoms with van der Waals surface area (Å²) in [6.07, 6.45) is 7.04. The van der Waals surface area contributed by atoms with Crippen molar-refractivity contribution in [2.75, 3.05) is 45.3 Å². The van der Waals surface area contributed by atoms with E-state index in [-0.39, 0.29) is 0 Å². The summed E-state index contributed by atoms with van der Waals surface area (Å²) >= 11 is 0. The minimum absolute atomic E-state index is 0.849. The predicted molar refractivity (Wildman–Crippen MR) is 88.5 cm³/mol. The second kappa shape index (κ2) is 6.35. The fraction of sp³-hybridized carbons (Fsp3) is 0.444. The molecule has 1 aromatic carbocycles. The van der Waals surface area contributed by atoms with E-state index in [1.807, 2.05) is 0 Å². The Kier molecular flexibility index (Phi) is 4.30. The topological polar surface area (TPSA) is 15.7 Å². The van der Waals surface area contributed by atoms with Crippen molar-refractivity contribution in [3.63, 3.8) is 0 Å². The van der Waals surface area contributed by atoms with E-state index in [1.54, 1.807) is 0 Å². The molecular formula is C18H24N2O. The Bertz CT molecular complexity index is 537. The van der Waals surface area contributed by atoms with Gasteiger partial charge in [0, 0.05) is 38.6 Å². The van der Waals surface area contributed by atoms with Crippen molar-refractivity contribution in [2.45, 2.75) is 12.8 Å². The van der Waals surface area contributed by atoms with E-state index < -0.39 is 0 Å². The van der Waals surface area contributed by atoms with Gasteiger partial charge in [-0.2, -0.15) is 0 Å². The van der Waals surface area contributed by atoms with E-state index in [0.29, 0.717) is 0 Å². The Morgan fingerprint density at radius 3 is 2.48 bits per heavy atom. The smallest absolute Gasteiger partial charge is 0.0642 e. The molecule has 3 nitrogen and oxygen atoms in total. The summed E-state index contributed by atoms with van der Waals surface area (Å²) in [4.78, 5) is 4.60. The first-order valence-corrected chi connectivity index (χ1v) is 7.75. The van der Waals surface area contributed by atoms with Crippen molar-refractivity contribution >= 4 is 11.8 Å². The van der Waals surface area contributed by atoms with Gasteiger partial charge in [-0.25, -0.2) is 0 Å². The lowest BCUT2D eigenvalue weighted by Gasteiger charge is -2.30. The van der Waals surface area contributed by atoms with Gasteiger partial charge in [-0.05, 0) is 42.2 Å². The molecule has 0 radical (unpaired) electrons. The molecule has 1 heterocycles. The highest BCUT2D eigenvalue weighted by Gasteiger charge is 2.20. The largest absolute Gasteiger partial charge is 0.378 e. The number of ether oxygens (including phenoxy) is 1. The van der Waals surface area contributed by atoms with Crippen molar-refractivity contribution in [3.8, 4) is 0 Å². The van der Waals surface area contributed by atoms with Crippen LogP contribution in [-0.4, -0.2) is 45.3 Å². The van der Waals surface area contributed by atoms with Crippen molar-refractivity contribution in [3.05, 3.63) is 47.2 Å². The molecule has 1 fully saturated rings. The van der Waals surface area contributed by atoms with Gasteiger partial charge in [-0.3, -0.25) is 0 Å². The Morgan fingerprint density at radius 2 is 1.81 bits per heavy atom. The van der Waals surface area contributed by atoms with Gasteiger partial charge in [0.2, 0.25) is 0 Å². The first-order valence-electron chi connectivity index (χ1n) is 7.75. The van der Waals surface area contributed by atoms with Crippen LogP contribution in [0.5, 0.6) is 0 Å². The number of nitrogens with zero attached hydrogens (tertiary/aromatic N) is 2. The number of hydrogen-bond acceptors (Lipinski definition) is 3. The minimum Gasteiger partial charge on any atom is -0.378 e. The van der Waals surface area contributed by atoms with Crippen LogP contribution >= 0.6 is 0 Å². The lowest BCUT2D eigenvalue weighted by Crippen LogP contribution is -2.35. The Morgan fingerprint density at radius 1 is 1.10 bits per heavy atom. The molecule has 3 rings (SSSR count). The predicted octanol–water partition coefficient (Wildman–Crippen LogP) is 3.15. The van der Waals surface area contributed by atoms with E-state index in [2.05, 4.69) is 60.3 Å². The fourth-order valence-electron chi connectivity index (χ4n) is 2.98. The molecule has 3 heteroatoms. The van der Waals surface area contributed by atoms with Gasteiger partial charge in [0.25, 0.3) is 0 Å². The van der Waals surface area contributed by atoms with Gasteiger partial charge < -0.3 is 14.5 Å². The molecular weight excluding hydrogens is 260 g/mol. The second-order valence-electron chi connectivity index (χ2n) is 5.88. The first-order chi connectivity index (χ1) is 10.2. The SMILES string of the molecule is CN(C)c1ccc(/C=C2\CCC=C2N2CCOCC2)cc1. The Labute approximate surface area is 127 Å². The molecule has 1 saturated heterocycles. The number of morpholine rings is 1. The summed E-state index contributed by atoms with van der Waals surface area (Å²) in [5.41, 5.74) is 5.42. The third kappa shape index (κ3) is 3.30. The summed E-state index contributed by atoms with van der Waals surface area (Å²) in [6, 6.07) is 8.77. The van der Waals surface area contributed by atoms with Crippen LogP contribution in [0.3, 0.4) is 0 Å². The molecule has 112 valence electrons. The highest BCUT2D eigenvalue weighted by Crippen LogP contribution is 2.30. The molecule has 0 amide bonds. The number of benzene rings is 1.